The zero-order valence-electron chi connectivity index (χ0n) is 9.85. The van der Waals surface area contributed by atoms with Gasteiger partial charge in [0.05, 0.1) is 11.5 Å². The predicted octanol–water partition coefficient (Wildman–Crippen LogP) is -1.89. The van der Waals surface area contributed by atoms with Crippen molar-refractivity contribution in [3.05, 3.63) is 0 Å². The number of piperidine rings is 1. The minimum absolute atomic E-state index is 0.00232. The second-order valence-electron chi connectivity index (χ2n) is 4.12. The lowest BCUT2D eigenvalue weighted by Crippen LogP contribution is -2.48. The average Bonchev–Trinajstić information content (AvgIpc) is 2.35. The van der Waals surface area contributed by atoms with Crippen LogP contribution in [0.2, 0.25) is 0 Å². The van der Waals surface area contributed by atoms with E-state index < -0.39 is 11.8 Å². The average molecular weight is 272 g/mol. The summed E-state index contributed by atoms with van der Waals surface area (Å²) in [5.41, 5.74) is 10.4. The van der Waals surface area contributed by atoms with Gasteiger partial charge in [0, 0.05) is 19.0 Å². The highest BCUT2D eigenvalue weighted by atomic mass is 32.1. The van der Waals surface area contributed by atoms with E-state index in [0.29, 0.717) is 25.9 Å². The summed E-state index contributed by atoms with van der Waals surface area (Å²) in [6.45, 7) is 0.706. The van der Waals surface area contributed by atoms with Crippen LogP contribution in [0.15, 0.2) is 0 Å². The molecule has 0 unspecified atom stereocenters. The van der Waals surface area contributed by atoms with Crippen molar-refractivity contribution in [3.63, 3.8) is 0 Å². The molecule has 1 aliphatic heterocycles. The van der Waals surface area contributed by atoms with Gasteiger partial charge < -0.3 is 21.7 Å². The number of likely N-dealkylation sites (tertiary alicyclic amines) is 1. The minimum atomic E-state index is -0.736. The van der Waals surface area contributed by atoms with E-state index in [1.807, 2.05) is 0 Å². The summed E-state index contributed by atoms with van der Waals surface area (Å²) in [5.74, 6) is -1.94. The maximum atomic E-state index is 11.7. The molecule has 1 aliphatic rings. The van der Waals surface area contributed by atoms with E-state index in [0.717, 1.165) is 0 Å². The van der Waals surface area contributed by atoms with Gasteiger partial charge >= 0.3 is 11.8 Å². The van der Waals surface area contributed by atoms with Crippen LogP contribution in [0.5, 0.6) is 0 Å². The summed E-state index contributed by atoms with van der Waals surface area (Å²) >= 11 is 4.59. The van der Waals surface area contributed by atoms with E-state index in [4.69, 9.17) is 11.5 Å². The normalized spacial score (nSPS) is 16.1. The van der Waals surface area contributed by atoms with Gasteiger partial charge in [-0.25, -0.2) is 0 Å². The molecule has 0 aromatic carbocycles. The van der Waals surface area contributed by atoms with Gasteiger partial charge in [0.15, 0.2) is 0 Å². The number of amides is 3. The summed E-state index contributed by atoms with van der Waals surface area (Å²) in [5, 5.41) is 2.33. The molecule has 5 N–H and O–H groups in total. The molecular weight excluding hydrogens is 256 g/mol. The van der Waals surface area contributed by atoms with Gasteiger partial charge in [-0.1, -0.05) is 12.2 Å². The van der Waals surface area contributed by atoms with Gasteiger partial charge in [-0.15, -0.1) is 0 Å². The van der Waals surface area contributed by atoms with Gasteiger partial charge in [0.25, 0.3) is 0 Å². The van der Waals surface area contributed by atoms with E-state index in [9.17, 15) is 14.4 Å². The summed E-state index contributed by atoms with van der Waals surface area (Å²) in [6.07, 6.45) is 0.979. The molecule has 0 aromatic heterocycles. The molecule has 8 heteroatoms. The summed E-state index contributed by atoms with van der Waals surface area (Å²) in [4.78, 5) is 35.6. The van der Waals surface area contributed by atoms with Crippen molar-refractivity contribution in [1.29, 1.82) is 0 Å². The molecule has 18 heavy (non-hydrogen) atoms. The maximum absolute atomic E-state index is 11.7. The van der Waals surface area contributed by atoms with Gasteiger partial charge in [0.1, 0.15) is 0 Å². The van der Waals surface area contributed by atoms with Crippen LogP contribution >= 0.6 is 12.2 Å². The quantitative estimate of drug-likeness (QED) is 0.410. The first-order chi connectivity index (χ1) is 8.41. The Labute approximate surface area is 110 Å². The molecule has 0 radical (unpaired) electrons. The van der Waals surface area contributed by atoms with E-state index in [1.54, 1.807) is 0 Å². The number of rotatable bonds is 3. The van der Waals surface area contributed by atoms with Crippen molar-refractivity contribution < 1.29 is 14.4 Å². The first-order valence-electron chi connectivity index (χ1n) is 5.56. The third-order valence-corrected chi connectivity index (χ3v) is 2.95. The Morgan fingerprint density at radius 3 is 2.22 bits per heavy atom. The molecule has 0 atom stereocenters. The van der Waals surface area contributed by atoms with Crippen molar-refractivity contribution in [3.8, 4) is 0 Å². The first-order valence-corrected chi connectivity index (χ1v) is 5.97. The highest BCUT2D eigenvalue weighted by Crippen LogP contribution is 2.16. The van der Waals surface area contributed by atoms with Gasteiger partial charge in [-0.05, 0) is 12.8 Å². The zero-order valence-corrected chi connectivity index (χ0v) is 10.7. The molecule has 1 heterocycles. The smallest absolute Gasteiger partial charge is 0.311 e. The van der Waals surface area contributed by atoms with E-state index in [1.165, 1.54) is 4.90 Å². The molecule has 0 saturated carbocycles. The van der Waals surface area contributed by atoms with E-state index >= 15 is 0 Å². The van der Waals surface area contributed by atoms with Gasteiger partial charge in [0.2, 0.25) is 5.91 Å². The van der Waals surface area contributed by atoms with Crippen molar-refractivity contribution >= 4 is 34.9 Å². The van der Waals surface area contributed by atoms with Gasteiger partial charge in [-0.3, -0.25) is 14.4 Å². The molecule has 1 fully saturated rings. The lowest BCUT2D eigenvalue weighted by molar-refractivity contribution is -0.147. The second-order valence-corrected chi connectivity index (χ2v) is 4.64. The zero-order chi connectivity index (χ0) is 13.7. The summed E-state index contributed by atoms with van der Waals surface area (Å²) < 4.78 is 0. The van der Waals surface area contributed by atoms with Crippen molar-refractivity contribution in [2.75, 3.05) is 19.6 Å². The summed E-state index contributed by atoms with van der Waals surface area (Å²) in [7, 11) is 0. The predicted molar refractivity (Wildman–Crippen MR) is 68.3 cm³/mol. The Morgan fingerprint density at radius 2 is 1.78 bits per heavy atom. The van der Waals surface area contributed by atoms with Crippen LogP contribution in [0, 0.1) is 5.92 Å². The molecule has 1 saturated heterocycles. The van der Waals surface area contributed by atoms with Crippen LogP contribution in [-0.4, -0.2) is 47.2 Å². The Morgan fingerprint density at radius 1 is 1.22 bits per heavy atom. The second kappa shape index (κ2) is 6.29. The van der Waals surface area contributed by atoms with Crippen LogP contribution in [0.4, 0.5) is 0 Å². The number of nitrogens with two attached hydrogens (primary N) is 2. The number of carbonyl (C=O) groups excluding carboxylic acids is 3. The SMILES string of the molecule is NC(=O)C1CCN(C(=O)C(=O)NCC(N)=S)CC1. The Bertz CT molecular complexity index is 377. The fraction of sp³-hybridized carbons (Fsp3) is 0.600. The number of primary amides is 1. The minimum Gasteiger partial charge on any atom is -0.392 e. The van der Waals surface area contributed by atoms with E-state index in [2.05, 4.69) is 17.5 Å². The lowest BCUT2D eigenvalue weighted by atomic mass is 9.96. The number of hydrogen-bond acceptors (Lipinski definition) is 4. The van der Waals surface area contributed by atoms with Crippen LogP contribution in [0.1, 0.15) is 12.8 Å². The third-order valence-electron chi connectivity index (χ3n) is 2.80. The maximum Gasteiger partial charge on any atom is 0.311 e. The number of nitrogens with one attached hydrogen (secondary N) is 1. The van der Waals surface area contributed by atoms with Gasteiger partial charge in [-0.2, -0.15) is 0 Å². The lowest BCUT2D eigenvalue weighted by Gasteiger charge is -2.29. The van der Waals surface area contributed by atoms with Crippen LogP contribution < -0.4 is 16.8 Å². The Kier molecular flexibility index (Phi) is 5.02. The summed E-state index contributed by atoms with van der Waals surface area (Å²) in [6, 6.07) is 0. The molecule has 100 valence electrons. The van der Waals surface area contributed by atoms with E-state index in [-0.39, 0.29) is 23.4 Å². The molecule has 0 aromatic rings. The highest BCUT2D eigenvalue weighted by Gasteiger charge is 2.28. The number of carbonyl (C=O) groups is 3. The third kappa shape index (κ3) is 3.95. The molecule has 3 amide bonds. The standard InChI is InChI=1S/C10H16N4O3S/c11-7(18)5-13-9(16)10(17)14-3-1-6(2-4-14)8(12)15/h6H,1-5H2,(H2,11,18)(H2,12,15)(H,13,16). The molecule has 0 bridgehead atoms. The number of nitrogens with zero attached hydrogens (tertiary/aromatic N) is 1. The van der Waals surface area contributed by atoms with Crippen LogP contribution in [-0.2, 0) is 14.4 Å². The molecule has 1 rings (SSSR count). The fourth-order valence-electron chi connectivity index (χ4n) is 1.75. The van der Waals surface area contributed by atoms with Crippen molar-refractivity contribution in [1.82, 2.24) is 10.2 Å². The van der Waals surface area contributed by atoms with Crippen molar-refractivity contribution in [2.45, 2.75) is 12.8 Å². The molecule has 0 aliphatic carbocycles. The van der Waals surface area contributed by atoms with Crippen LogP contribution in [0.3, 0.4) is 0 Å². The first kappa shape index (κ1) is 14.4. The number of hydrogen-bond donors (Lipinski definition) is 3. The number of thiocarbonyl (C=S) groups is 1. The fourth-order valence-corrected chi connectivity index (χ4v) is 1.83. The Balaban J connectivity index is 2.42. The molecule has 0 spiro atoms. The Hall–Kier alpha value is -1.70. The highest BCUT2D eigenvalue weighted by molar-refractivity contribution is 7.80. The molecular formula is C10H16N4O3S. The monoisotopic (exact) mass is 272 g/mol. The molecule has 7 nitrogen and oxygen atoms in total. The topological polar surface area (TPSA) is 119 Å². The largest absolute Gasteiger partial charge is 0.392 e. The van der Waals surface area contributed by atoms with Crippen molar-refractivity contribution in [2.24, 2.45) is 17.4 Å². The van der Waals surface area contributed by atoms with Crippen LogP contribution in [0.25, 0.3) is 0 Å².